The Hall–Kier alpha value is -0.570. The van der Waals surface area contributed by atoms with Crippen molar-refractivity contribution >= 4 is 5.97 Å². The van der Waals surface area contributed by atoms with Gasteiger partial charge in [-0.05, 0) is 31.1 Å². The first-order valence-electron chi connectivity index (χ1n) is 5.88. The molecule has 1 N–H and O–H groups in total. The van der Waals surface area contributed by atoms with Crippen LogP contribution in [0.15, 0.2) is 0 Å². The molecule has 88 valence electrons. The minimum atomic E-state index is -0.148. The molecule has 1 aliphatic rings. The van der Waals surface area contributed by atoms with Gasteiger partial charge in [0.25, 0.3) is 0 Å². The van der Waals surface area contributed by atoms with E-state index in [9.17, 15) is 4.79 Å². The molecule has 0 aliphatic heterocycles. The van der Waals surface area contributed by atoms with Crippen LogP contribution in [0.4, 0.5) is 0 Å². The van der Waals surface area contributed by atoms with Crippen molar-refractivity contribution in [3.8, 4) is 0 Å². The van der Waals surface area contributed by atoms with Crippen LogP contribution in [-0.2, 0) is 9.53 Å². The summed E-state index contributed by atoms with van der Waals surface area (Å²) in [7, 11) is 1.46. The summed E-state index contributed by atoms with van der Waals surface area (Å²) < 4.78 is 4.81. The highest BCUT2D eigenvalue weighted by molar-refractivity contribution is 5.75. The summed E-state index contributed by atoms with van der Waals surface area (Å²) in [5.41, 5.74) is 0. The van der Waals surface area contributed by atoms with Crippen molar-refractivity contribution in [2.24, 2.45) is 11.8 Å². The monoisotopic (exact) mass is 213 g/mol. The first-order valence-corrected chi connectivity index (χ1v) is 5.88. The third kappa shape index (κ3) is 3.49. The molecule has 3 nitrogen and oxygen atoms in total. The summed E-state index contributed by atoms with van der Waals surface area (Å²) in [6.45, 7) is 6.37. The van der Waals surface area contributed by atoms with Crippen molar-refractivity contribution in [1.82, 2.24) is 5.32 Å². The summed E-state index contributed by atoms with van der Waals surface area (Å²) in [5, 5.41) is 3.42. The van der Waals surface area contributed by atoms with E-state index in [1.54, 1.807) is 0 Å². The topological polar surface area (TPSA) is 38.3 Å². The van der Waals surface area contributed by atoms with Gasteiger partial charge in [0.1, 0.15) is 6.04 Å². The third-order valence-corrected chi connectivity index (χ3v) is 3.23. The molecule has 1 rings (SSSR count). The lowest BCUT2D eigenvalue weighted by molar-refractivity contribution is -0.144. The van der Waals surface area contributed by atoms with Crippen LogP contribution in [0.5, 0.6) is 0 Å². The Bertz CT molecular complexity index is 216. The van der Waals surface area contributed by atoms with Crippen molar-refractivity contribution in [2.45, 2.75) is 52.1 Å². The van der Waals surface area contributed by atoms with E-state index in [0.29, 0.717) is 6.04 Å². The number of hydrogen-bond donors (Lipinski definition) is 1. The van der Waals surface area contributed by atoms with Gasteiger partial charge in [0.05, 0.1) is 7.11 Å². The highest BCUT2D eigenvalue weighted by Crippen LogP contribution is 2.25. The summed E-state index contributed by atoms with van der Waals surface area (Å²) in [6, 6.07) is 0.344. The van der Waals surface area contributed by atoms with Gasteiger partial charge < -0.3 is 10.1 Å². The second-order valence-electron chi connectivity index (χ2n) is 5.03. The second kappa shape index (κ2) is 5.50. The molecule has 3 unspecified atom stereocenters. The Morgan fingerprint density at radius 3 is 2.47 bits per heavy atom. The van der Waals surface area contributed by atoms with E-state index in [1.807, 2.05) is 13.8 Å². The van der Waals surface area contributed by atoms with Crippen LogP contribution in [0.25, 0.3) is 0 Å². The van der Waals surface area contributed by atoms with Crippen LogP contribution in [0.2, 0.25) is 0 Å². The molecule has 1 fully saturated rings. The fraction of sp³-hybridized carbons (Fsp3) is 0.917. The van der Waals surface area contributed by atoms with Crippen molar-refractivity contribution in [3.63, 3.8) is 0 Å². The van der Waals surface area contributed by atoms with E-state index >= 15 is 0 Å². The number of nitrogens with one attached hydrogen (secondary N) is 1. The molecule has 0 heterocycles. The summed E-state index contributed by atoms with van der Waals surface area (Å²) >= 11 is 0. The zero-order valence-corrected chi connectivity index (χ0v) is 10.2. The fourth-order valence-electron chi connectivity index (χ4n) is 2.27. The quantitative estimate of drug-likeness (QED) is 0.725. The SMILES string of the molecule is COC(=O)C(NC1CCC(C)C1)C(C)C. The first-order chi connectivity index (χ1) is 7.04. The summed E-state index contributed by atoms with van der Waals surface area (Å²) in [6.07, 6.45) is 3.63. The smallest absolute Gasteiger partial charge is 0.323 e. The maximum atomic E-state index is 11.5. The zero-order chi connectivity index (χ0) is 11.4. The van der Waals surface area contributed by atoms with Gasteiger partial charge in [0.15, 0.2) is 0 Å². The van der Waals surface area contributed by atoms with E-state index in [1.165, 1.54) is 26.4 Å². The minimum Gasteiger partial charge on any atom is -0.468 e. The second-order valence-corrected chi connectivity index (χ2v) is 5.03. The van der Waals surface area contributed by atoms with Gasteiger partial charge in [-0.25, -0.2) is 0 Å². The van der Waals surface area contributed by atoms with Crippen molar-refractivity contribution in [1.29, 1.82) is 0 Å². The van der Waals surface area contributed by atoms with Crippen molar-refractivity contribution < 1.29 is 9.53 Å². The summed E-state index contributed by atoms with van der Waals surface area (Å²) in [5.74, 6) is 0.936. The lowest BCUT2D eigenvalue weighted by atomic mass is 10.0. The number of methoxy groups -OCH3 is 1. The molecule has 15 heavy (non-hydrogen) atoms. The average molecular weight is 213 g/mol. The van der Waals surface area contributed by atoms with Gasteiger partial charge in [-0.3, -0.25) is 4.79 Å². The normalized spacial score (nSPS) is 28.1. The predicted octanol–water partition coefficient (Wildman–Crippen LogP) is 1.96. The maximum absolute atomic E-state index is 11.5. The molecule has 0 spiro atoms. The molecule has 3 atom stereocenters. The lowest BCUT2D eigenvalue weighted by Gasteiger charge is -2.23. The molecule has 0 aromatic carbocycles. The minimum absolute atomic E-state index is 0.135. The van der Waals surface area contributed by atoms with Crippen molar-refractivity contribution in [3.05, 3.63) is 0 Å². The van der Waals surface area contributed by atoms with E-state index in [0.717, 1.165) is 5.92 Å². The Kier molecular flexibility index (Phi) is 4.58. The third-order valence-electron chi connectivity index (χ3n) is 3.23. The van der Waals surface area contributed by atoms with Gasteiger partial charge in [-0.2, -0.15) is 0 Å². The van der Waals surface area contributed by atoms with Crippen LogP contribution in [-0.4, -0.2) is 25.2 Å². The molecule has 0 aromatic heterocycles. The van der Waals surface area contributed by atoms with Gasteiger partial charge in [-0.1, -0.05) is 20.8 Å². The fourth-order valence-corrected chi connectivity index (χ4v) is 2.27. The number of carbonyl (C=O) groups excluding carboxylic acids is 1. The molecule has 0 aromatic rings. The molecular weight excluding hydrogens is 190 g/mol. The van der Waals surface area contributed by atoms with Crippen LogP contribution >= 0.6 is 0 Å². The molecule has 1 saturated carbocycles. The van der Waals surface area contributed by atoms with Gasteiger partial charge in [0.2, 0.25) is 0 Å². The Morgan fingerprint density at radius 1 is 1.40 bits per heavy atom. The number of rotatable bonds is 4. The van der Waals surface area contributed by atoms with Gasteiger partial charge >= 0.3 is 5.97 Å². The Labute approximate surface area is 92.6 Å². The average Bonchev–Trinajstić information content (AvgIpc) is 2.59. The first kappa shape index (κ1) is 12.5. The maximum Gasteiger partial charge on any atom is 0.323 e. The molecule has 0 radical (unpaired) electrons. The van der Waals surface area contributed by atoms with E-state index < -0.39 is 0 Å². The molecular formula is C12H23NO2. The Morgan fingerprint density at radius 2 is 2.07 bits per heavy atom. The highest BCUT2D eigenvalue weighted by Gasteiger charge is 2.29. The number of ether oxygens (including phenoxy) is 1. The summed E-state index contributed by atoms with van der Waals surface area (Å²) in [4.78, 5) is 11.5. The van der Waals surface area contributed by atoms with Crippen LogP contribution < -0.4 is 5.32 Å². The lowest BCUT2D eigenvalue weighted by Crippen LogP contribution is -2.46. The van der Waals surface area contributed by atoms with Crippen LogP contribution in [0.3, 0.4) is 0 Å². The predicted molar refractivity (Wildman–Crippen MR) is 60.6 cm³/mol. The van der Waals surface area contributed by atoms with E-state index in [2.05, 4.69) is 12.2 Å². The number of esters is 1. The van der Waals surface area contributed by atoms with Crippen LogP contribution in [0.1, 0.15) is 40.0 Å². The van der Waals surface area contributed by atoms with Crippen molar-refractivity contribution in [2.75, 3.05) is 7.11 Å². The highest BCUT2D eigenvalue weighted by atomic mass is 16.5. The van der Waals surface area contributed by atoms with E-state index in [-0.39, 0.29) is 17.9 Å². The molecule has 0 bridgehead atoms. The largest absolute Gasteiger partial charge is 0.468 e. The molecule has 1 aliphatic carbocycles. The Balaban J connectivity index is 2.48. The number of carbonyl (C=O) groups is 1. The number of hydrogen-bond acceptors (Lipinski definition) is 3. The van der Waals surface area contributed by atoms with Gasteiger partial charge in [-0.15, -0.1) is 0 Å². The molecule has 0 saturated heterocycles. The molecule has 0 amide bonds. The zero-order valence-electron chi connectivity index (χ0n) is 10.2. The van der Waals surface area contributed by atoms with Gasteiger partial charge in [0, 0.05) is 6.04 Å². The van der Waals surface area contributed by atoms with E-state index in [4.69, 9.17) is 4.74 Å². The van der Waals surface area contributed by atoms with Crippen LogP contribution in [0, 0.1) is 11.8 Å². The standard InChI is InChI=1S/C12H23NO2/c1-8(2)11(12(14)15-4)13-10-6-5-9(3)7-10/h8-11,13H,5-7H2,1-4H3. The molecule has 3 heteroatoms.